The number of rotatable bonds is 3. The summed E-state index contributed by atoms with van der Waals surface area (Å²) in [4.78, 5) is 12.6. The number of nitrogens with one attached hydrogen (secondary N) is 1. The number of carbonyl (C=O) groups excluding carboxylic acids is 1. The predicted octanol–water partition coefficient (Wildman–Crippen LogP) is 3.08. The number of phenols is 1. The van der Waals surface area contributed by atoms with Gasteiger partial charge < -0.3 is 10.4 Å². The van der Waals surface area contributed by atoms with Crippen LogP contribution in [-0.4, -0.2) is 11.0 Å². The van der Waals surface area contributed by atoms with Crippen LogP contribution in [0.5, 0.6) is 5.75 Å². The molecule has 1 aromatic carbocycles. The molecule has 0 spiro atoms. The molecule has 112 valence electrons. The minimum atomic E-state index is 0.215. The zero-order chi connectivity index (χ0) is 14.4. The molecule has 2 N–H and O–H groups in total. The summed E-state index contributed by atoms with van der Waals surface area (Å²) in [5.41, 5.74) is 0.801. The molecule has 0 aliphatic heterocycles. The van der Waals surface area contributed by atoms with Crippen LogP contribution in [0.3, 0.4) is 0 Å². The number of benzene rings is 1. The van der Waals surface area contributed by atoms with Crippen molar-refractivity contribution in [2.24, 2.45) is 29.6 Å². The fourth-order valence-corrected chi connectivity index (χ4v) is 5.31. The Morgan fingerprint density at radius 3 is 2.29 bits per heavy atom. The molecule has 4 fully saturated rings. The van der Waals surface area contributed by atoms with Crippen molar-refractivity contribution in [3.05, 3.63) is 29.8 Å². The highest BCUT2D eigenvalue weighted by Crippen LogP contribution is 2.56. The number of hydrogen-bond acceptors (Lipinski definition) is 2. The molecule has 1 aromatic rings. The second-order valence-corrected chi connectivity index (χ2v) is 7.30. The van der Waals surface area contributed by atoms with Gasteiger partial charge in [0.25, 0.3) is 0 Å². The van der Waals surface area contributed by atoms with Crippen LogP contribution >= 0.6 is 0 Å². The van der Waals surface area contributed by atoms with E-state index >= 15 is 0 Å². The molecule has 0 atom stereocenters. The normalized spacial score (nSPS) is 36.7. The van der Waals surface area contributed by atoms with Crippen molar-refractivity contribution in [1.82, 2.24) is 5.32 Å². The number of para-hydroxylation sites is 1. The molecule has 0 aromatic heterocycles. The van der Waals surface area contributed by atoms with E-state index in [0.29, 0.717) is 18.4 Å². The number of carbonyl (C=O) groups is 1. The molecule has 4 bridgehead atoms. The molecule has 21 heavy (non-hydrogen) atoms. The summed E-state index contributed by atoms with van der Waals surface area (Å²) in [6, 6.07) is 7.24. The van der Waals surface area contributed by atoms with Crippen molar-refractivity contribution in [2.75, 3.05) is 0 Å². The fourth-order valence-electron chi connectivity index (χ4n) is 5.31. The average molecular weight is 285 g/mol. The van der Waals surface area contributed by atoms with Crippen molar-refractivity contribution >= 4 is 5.91 Å². The second kappa shape index (κ2) is 5.04. The molecule has 4 aliphatic carbocycles. The Morgan fingerprint density at radius 2 is 1.67 bits per heavy atom. The Kier molecular flexibility index (Phi) is 3.16. The summed E-state index contributed by atoms with van der Waals surface area (Å²) < 4.78 is 0. The number of phenolic OH excluding ortho intramolecular Hbond substituents is 1. The van der Waals surface area contributed by atoms with E-state index in [1.54, 1.807) is 12.1 Å². The van der Waals surface area contributed by atoms with Crippen molar-refractivity contribution < 1.29 is 9.90 Å². The van der Waals surface area contributed by atoms with E-state index in [1.165, 1.54) is 32.1 Å². The Hall–Kier alpha value is -1.51. The molecule has 3 heteroatoms. The molecule has 3 nitrogen and oxygen atoms in total. The first-order valence-corrected chi connectivity index (χ1v) is 8.25. The van der Waals surface area contributed by atoms with E-state index in [1.807, 2.05) is 12.1 Å². The monoisotopic (exact) mass is 285 g/mol. The second-order valence-electron chi connectivity index (χ2n) is 7.30. The minimum absolute atomic E-state index is 0.215. The summed E-state index contributed by atoms with van der Waals surface area (Å²) in [6.45, 7) is 0.439. The molecule has 0 radical (unpaired) electrons. The molecular weight excluding hydrogens is 262 g/mol. The van der Waals surface area contributed by atoms with Crippen LogP contribution in [0.2, 0.25) is 0 Å². The summed E-state index contributed by atoms with van der Waals surface area (Å²) >= 11 is 0. The Balaban J connectivity index is 1.43. The van der Waals surface area contributed by atoms with Gasteiger partial charge in [-0.05, 0) is 61.8 Å². The zero-order valence-electron chi connectivity index (χ0n) is 12.3. The molecule has 0 heterocycles. The molecule has 0 saturated heterocycles. The zero-order valence-corrected chi connectivity index (χ0v) is 12.3. The smallest absolute Gasteiger partial charge is 0.223 e. The highest BCUT2D eigenvalue weighted by atomic mass is 16.3. The third kappa shape index (κ3) is 2.33. The first kappa shape index (κ1) is 13.2. The van der Waals surface area contributed by atoms with Gasteiger partial charge in [0.2, 0.25) is 5.91 Å². The summed E-state index contributed by atoms with van der Waals surface area (Å²) in [5, 5.41) is 12.9. The quantitative estimate of drug-likeness (QED) is 0.896. The first-order chi connectivity index (χ1) is 10.2. The van der Waals surface area contributed by atoms with Crippen molar-refractivity contribution in [3.63, 3.8) is 0 Å². The molecule has 0 unspecified atom stereocenters. The van der Waals surface area contributed by atoms with Crippen LogP contribution < -0.4 is 5.32 Å². The van der Waals surface area contributed by atoms with Crippen LogP contribution in [-0.2, 0) is 11.3 Å². The summed E-state index contributed by atoms with van der Waals surface area (Å²) in [6.07, 6.45) is 6.48. The Morgan fingerprint density at radius 1 is 1.05 bits per heavy atom. The van der Waals surface area contributed by atoms with E-state index in [2.05, 4.69) is 5.32 Å². The maximum Gasteiger partial charge on any atom is 0.223 e. The Bertz CT molecular complexity index is 526. The molecule has 5 rings (SSSR count). The minimum Gasteiger partial charge on any atom is -0.508 e. The maximum atomic E-state index is 12.6. The number of amides is 1. The van der Waals surface area contributed by atoms with Gasteiger partial charge in [0, 0.05) is 18.0 Å². The van der Waals surface area contributed by atoms with Crippen molar-refractivity contribution in [3.8, 4) is 5.75 Å². The molecule has 4 saturated carbocycles. The van der Waals surface area contributed by atoms with Crippen LogP contribution in [0.15, 0.2) is 24.3 Å². The van der Waals surface area contributed by atoms with Gasteiger partial charge in [-0.2, -0.15) is 0 Å². The maximum absolute atomic E-state index is 12.6. The van der Waals surface area contributed by atoms with Crippen LogP contribution in [0, 0.1) is 29.6 Å². The first-order valence-electron chi connectivity index (χ1n) is 8.25. The van der Waals surface area contributed by atoms with Gasteiger partial charge in [-0.3, -0.25) is 4.79 Å². The number of hydrogen-bond donors (Lipinski definition) is 2. The van der Waals surface area contributed by atoms with Gasteiger partial charge in [-0.1, -0.05) is 18.2 Å². The van der Waals surface area contributed by atoms with E-state index in [4.69, 9.17) is 0 Å². The lowest BCUT2D eigenvalue weighted by Gasteiger charge is -2.53. The van der Waals surface area contributed by atoms with Gasteiger partial charge in [-0.15, -0.1) is 0 Å². The summed E-state index contributed by atoms with van der Waals surface area (Å²) in [7, 11) is 0. The van der Waals surface area contributed by atoms with Gasteiger partial charge in [0.15, 0.2) is 0 Å². The topological polar surface area (TPSA) is 49.3 Å². The lowest BCUT2D eigenvalue weighted by molar-refractivity contribution is -0.138. The third-order valence-corrected chi connectivity index (χ3v) is 5.97. The van der Waals surface area contributed by atoms with E-state index in [9.17, 15) is 9.90 Å². The average Bonchev–Trinajstić information content (AvgIpc) is 2.45. The summed E-state index contributed by atoms with van der Waals surface area (Å²) in [5.74, 6) is 3.74. The van der Waals surface area contributed by atoms with Gasteiger partial charge in [0.05, 0.1) is 0 Å². The van der Waals surface area contributed by atoms with E-state index < -0.39 is 0 Å². The van der Waals surface area contributed by atoms with Gasteiger partial charge in [-0.25, -0.2) is 0 Å². The number of aromatic hydroxyl groups is 1. The highest BCUT2D eigenvalue weighted by molar-refractivity contribution is 5.79. The molecular formula is C18H23NO2. The third-order valence-electron chi connectivity index (χ3n) is 5.97. The standard InChI is InChI=1S/C18H23NO2/c20-16-4-2-1-3-13(16)10-19-18(21)17-14-6-11-5-12(8-14)9-15(17)7-11/h1-4,11-12,14-15,17,20H,5-10H2,(H,19,21). The van der Waals surface area contributed by atoms with E-state index in [-0.39, 0.29) is 17.6 Å². The van der Waals surface area contributed by atoms with Gasteiger partial charge >= 0.3 is 0 Å². The van der Waals surface area contributed by atoms with Crippen molar-refractivity contribution in [2.45, 2.75) is 38.6 Å². The Labute approximate surface area is 125 Å². The molecule has 1 amide bonds. The lowest BCUT2D eigenvalue weighted by atomic mass is 9.51. The fraction of sp³-hybridized carbons (Fsp3) is 0.611. The largest absolute Gasteiger partial charge is 0.508 e. The van der Waals surface area contributed by atoms with Gasteiger partial charge in [0.1, 0.15) is 5.75 Å². The van der Waals surface area contributed by atoms with E-state index in [0.717, 1.165) is 17.4 Å². The highest BCUT2D eigenvalue weighted by Gasteiger charge is 2.50. The van der Waals surface area contributed by atoms with Crippen LogP contribution in [0.25, 0.3) is 0 Å². The predicted molar refractivity (Wildman–Crippen MR) is 80.5 cm³/mol. The SMILES string of the molecule is O=C(NCc1ccccc1O)C1C2CC3CC(C2)CC1C3. The lowest BCUT2D eigenvalue weighted by Crippen LogP contribution is -2.50. The molecule has 4 aliphatic rings. The van der Waals surface area contributed by atoms with Crippen molar-refractivity contribution in [1.29, 1.82) is 0 Å². The van der Waals surface area contributed by atoms with Crippen LogP contribution in [0.4, 0.5) is 0 Å². The van der Waals surface area contributed by atoms with Crippen LogP contribution in [0.1, 0.15) is 37.7 Å².